The first-order valence-corrected chi connectivity index (χ1v) is 7.01. The number of nitrogens with zero attached hydrogens (tertiary/aromatic N) is 2. The summed E-state index contributed by atoms with van der Waals surface area (Å²) in [6, 6.07) is -0.898. The fourth-order valence-corrected chi connectivity index (χ4v) is 2.76. The number of allylic oxidation sites excluding steroid dienone is 4. The van der Waals surface area contributed by atoms with Gasteiger partial charge in [0.15, 0.2) is 6.04 Å². The van der Waals surface area contributed by atoms with Crippen LogP contribution in [0.1, 0.15) is 13.3 Å². The van der Waals surface area contributed by atoms with E-state index in [4.69, 9.17) is 0 Å². The lowest BCUT2D eigenvalue weighted by Gasteiger charge is -2.33. The van der Waals surface area contributed by atoms with Crippen LogP contribution in [0.2, 0.25) is 0 Å². The smallest absolute Gasteiger partial charge is 0.331 e. The quantitative estimate of drug-likeness (QED) is 0.603. The van der Waals surface area contributed by atoms with Crippen LogP contribution in [-0.2, 0) is 4.79 Å². The second-order valence-corrected chi connectivity index (χ2v) is 5.02. The maximum atomic E-state index is 11.8. The summed E-state index contributed by atoms with van der Waals surface area (Å²) in [6.07, 6.45) is 14.4. The summed E-state index contributed by atoms with van der Waals surface area (Å²) in [6.45, 7) is 5.49. The third-order valence-electron chi connectivity index (χ3n) is 3.67. The molecule has 0 saturated carbocycles. The summed E-state index contributed by atoms with van der Waals surface area (Å²) < 4.78 is 0. The number of carboxylic acid groups (broad SMARTS) is 1. The topological polar surface area (TPSA) is 70.0 Å². The summed E-state index contributed by atoms with van der Waals surface area (Å²) in [5.41, 5.74) is 1.95. The molecule has 0 amide bonds. The van der Waals surface area contributed by atoms with Crippen molar-refractivity contribution in [1.82, 2.24) is 4.90 Å². The van der Waals surface area contributed by atoms with Gasteiger partial charge in [-0.2, -0.15) is 0 Å². The minimum absolute atomic E-state index is 0.0925. The molecule has 1 aliphatic heterocycles. The lowest BCUT2D eigenvalue weighted by Crippen LogP contribution is -2.43. The van der Waals surface area contributed by atoms with Gasteiger partial charge in [0, 0.05) is 6.20 Å². The zero-order valence-corrected chi connectivity index (χ0v) is 12.3. The van der Waals surface area contributed by atoms with E-state index in [1.54, 1.807) is 47.6 Å². The molecule has 0 aromatic carbocycles. The highest BCUT2D eigenvalue weighted by Gasteiger charge is 2.35. The van der Waals surface area contributed by atoms with Crippen LogP contribution >= 0.6 is 0 Å². The minimum Gasteiger partial charge on any atom is -0.479 e. The summed E-state index contributed by atoms with van der Waals surface area (Å²) in [5, 5.41) is 12.6. The molecule has 1 heterocycles. The van der Waals surface area contributed by atoms with Crippen molar-refractivity contribution in [1.29, 1.82) is 0 Å². The number of fused-ring (bicyclic) bond motifs is 1. The molecule has 5 heteroatoms. The van der Waals surface area contributed by atoms with Crippen LogP contribution in [0.4, 0.5) is 0 Å². The highest BCUT2D eigenvalue weighted by molar-refractivity contribution is 5.79. The molecule has 5 nitrogen and oxygen atoms in total. The number of carboxylic acids is 1. The average molecular weight is 298 g/mol. The van der Waals surface area contributed by atoms with Gasteiger partial charge >= 0.3 is 5.97 Å². The molecule has 22 heavy (non-hydrogen) atoms. The lowest BCUT2D eigenvalue weighted by molar-refractivity contribution is -0.141. The molecule has 1 unspecified atom stereocenters. The Morgan fingerprint density at radius 3 is 2.95 bits per heavy atom. The Balaban J connectivity index is 2.35. The van der Waals surface area contributed by atoms with E-state index in [0.717, 1.165) is 5.57 Å². The number of nitroso groups, excluding NO2 is 1. The van der Waals surface area contributed by atoms with Crippen LogP contribution < -0.4 is 0 Å². The summed E-state index contributed by atoms with van der Waals surface area (Å²) in [5.74, 6) is -0.930. The molecule has 0 fully saturated rings. The van der Waals surface area contributed by atoms with Crippen molar-refractivity contribution in [3.63, 3.8) is 0 Å². The van der Waals surface area contributed by atoms with Gasteiger partial charge in [0.05, 0.1) is 6.04 Å². The molecule has 0 bridgehead atoms. The summed E-state index contributed by atoms with van der Waals surface area (Å²) in [7, 11) is 0. The molecule has 0 aromatic rings. The molecule has 2 rings (SSSR count). The van der Waals surface area contributed by atoms with Crippen molar-refractivity contribution in [2.24, 2.45) is 5.18 Å². The predicted molar refractivity (Wildman–Crippen MR) is 85.9 cm³/mol. The van der Waals surface area contributed by atoms with Gasteiger partial charge in [0.25, 0.3) is 0 Å². The Morgan fingerprint density at radius 2 is 2.36 bits per heavy atom. The molecular formula is C17H18N2O3. The molecule has 0 saturated heterocycles. The van der Waals surface area contributed by atoms with Gasteiger partial charge < -0.3 is 10.0 Å². The minimum atomic E-state index is -0.930. The van der Waals surface area contributed by atoms with E-state index in [1.165, 1.54) is 0 Å². The lowest BCUT2D eigenvalue weighted by atomic mass is 9.96. The molecule has 0 spiro atoms. The zero-order valence-electron chi connectivity index (χ0n) is 12.3. The SMILES string of the molecule is C=C/C=C(\C=C/C)C(C(=O)O)N1C=CC2=CC(N=O)=CC[C@@H]21. The van der Waals surface area contributed by atoms with Crippen LogP contribution in [0.25, 0.3) is 0 Å². The van der Waals surface area contributed by atoms with Gasteiger partial charge in [-0.05, 0) is 41.8 Å². The Labute approximate surface area is 129 Å². The zero-order chi connectivity index (χ0) is 16.1. The Bertz CT molecular complexity index is 638. The first kappa shape index (κ1) is 15.7. The maximum absolute atomic E-state index is 11.8. The van der Waals surface area contributed by atoms with E-state index < -0.39 is 12.0 Å². The van der Waals surface area contributed by atoms with Crippen molar-refractivity contribution in [2.75, 3.05) is 0 Å². The van der Waals surface area contributed by atoms with Gasteiger partial charge in [0.2, 0.25) is 0 Å². The fraction of sp³-hybridized carbons (Fsp3) is 0.235. The van der Waals surface area contributed by atoms with E-state index in [0.29, 0.717) is 17.7 Å². The van der Waals surface area contributed by atoms with Crippen molar-refractivity contribution >= 4 is 5.97 Å². The van der Waals surface area contributed by atoms with Crippen LogP contribution in [-0.4, -0.2) is 28.1 Å². The average Bonchev–Trinajstić information content (AvgIpc) is 2.90. The van der Waals surface area contributed by atoms with Gasteiger partial charge in [-0.1, -0.05) is 37.0 Å². The van der Waals surface area contributed by atoms with E-state index in [9.17, 15) is 14.8 Å². The second-order valence-electron chi connectivity index (χ2n) is 5.02. The summed E-state index contributed by atoms with van der Waals surface area (Å²) >= 11 is 0. The molecule has 2 atom stereocenters. The van der Waals surface area contributed by atoms with Crippen LogP contribution in [0.3, 0.4) is 0 Å². The molecule has 0 radical (unpaired) electrons. The standard InChI is InChI=1S/C17H18N2O3/c1-3-5-12(6-4-2)16(17(20)21)19-10-9-13-11-14(18-22)7-8-15(13)19/h3-7,9-11,15-16H,1,8H2,2H3,(H,20,21)/b6-4-,12-5+/t15-,16?/m0/s1. The van der Waals surface area contributed by atoms with E-state index >= 15 is 0 Å². The van der Waals surface area contributed by atoms with Gasteiger partial charge in [0.1, 0.15) is 5.70 Å². The van der Waals surface area contributed by atoms with Gasteiger partial charge in [-0.3, -0.25) is 0 Å². The second kappa shape index (κ2) is 6.85. The maximum Gasteiger partial charge on any atom is 0.331 e. The predicted octanol–water partition coefficient (Wildman–Crippen LogP) is 3.31. The van der Waals surface area contributed by atoms with Crippen molar-refractivity contribution in [3.8, 4) is 0 Å². The number of hydrogen-bond acceptors (Lipinski definition) is 4. The van der Waals surface area contributed by atoms with Crippen molar-refractivity contribution in [3.05, 3.63) is 77.1 Å². The Morgan fingerprint density at radius 1 is 1.59 bits per heavy atom. The van der Waals surface area contributed by atoms with Crippen molar-refractivity contribution < 1.29 is 9.90 Å². The number of hydrogen-bond donors (Lipinski definition) is 1. The van der Waals surface area contributed by atoms with E-state index in [2.05, 4.69) is 11.8 Å². The monoisotopic (exact) mass is 298 g/mol. The highest BCUT2D eigenvalue weighted by Crippen LogP contribution is 2.33. The van der Waals surface area contributed by atoms with Crippen LogP contribution in [0.15, 0.2) is 77.3 Å². The van der Waals surface area contributed by atoms with Gasteiger partial charge in [-0.15, -0.1) is 4.91 Å². The molecule has 2 aliphatic rings. The number of rotatable bonds is 6. The van der Waals surface area contributed by atoms with Crippen molar-refractivity contribution in [2.45, 2.75) is 25.4 Å². The number of carbonyl (C=O) groups is 1. The molecular weight excluding hydrogens is 280 g/mol. The molecule has 1 N–H and O–H groups in total. The summed E-state index contributed by atoms with van der Waals surface area (Å²) in [4.78, 5) is 24.2. The highest BCUT2D eigenvalue weighted by atomic mass is 16.4. The number of aliphatic carboxylic acids is 1. The van der Waals surface area contributed by atoms with Crippen LogP contribution in [0.5, 0.6) is 0 Å². The molecule has 0 aromatic heterocycles. The van der Waals surface area contributed by atoms with E-state index in [-0.39, 0.29) is 6.04 Å². The third kappa shape index (κ3) is 2.98. The Hall–Kier alpha value is -2.69. The molecule has 114 valence electrons. The third-order valence-corrected chi connectivity index (χ3v) is 3.67. The normalized spacial score (nSPS) is 22.1. The van der Waals surface area contributed by atoms with E-state index in [1.807, 2.05) is 13.0 Å². The first-order chi connectivity index (χ1) is 10.6. The van der Waals surface area contributed by atoms with Crippen LogP contribution in [0, 0.1) is 4.91 Å². The Kier molecular flexibility index (Phi) is 4.88. The van der Waals surface area contributed by atoms with Gasteiger partial charge in [-0.25, -0.2) is 4.79 Å². The largest absolute Gasteiger partial charge is 0.479 e. The first-order valence-electron chi connectivity index (χ1n) is 7.01. The fourth-order valence-electron chi connectivity index (χ4n) is 2.76. The molecule has 1 aliphatic carbocycles.